The topological polar surface area (TPSA) is 0 Å². The number of hydrogen-bond donors (Lipinski definition) is 0. The van der Waals surface area contributed by atoms with Crippen molar-refractivity contribution in [3.05, 3.63) is 129 Å². The van der Waals surface area contributed by atoms with Gasteiger partial charge in [0, 0.05) is 0 Å². The largest absolute Gasteiger partial charge is 0.0622 e. The molecule has 0 spiro atoms. The molecule has 0 N–H and O–H groups in total. The van der Waals surface area contributed by atoms with E-state index in [1.165, 1.54) is 66.8 Å². The first-order valence-electron chi connectivity index (χ1n) is 10.6. The highest BCUT2D eigenvalue weighted by Crippen LogP contribution is 2.50. The van der Waals surface area contributed by atoms with E-state index in [2.05, 4.69) is 113 Å². The first-order chi connectivity index (χ1) is 14.5. The lowest BCUT2D eigenvalue weighted by molar-refractivity contribution is 1.33. The molecule has 1 aliphatic carbocycles. The van der Waals surface area contributed by atoms with E-state index in [1.807, 2.05) is 0 Å². The van der Waals surface area contributed by atoms with Gasteiger partial charge < -0.3 is 0 Å². The smallest absolute Gasteiger partial charge is 0.00141 e. The van der Waals surface area contributed by atoms with Crippen LogP contribution in [0.4, 0.5) is 0 Å². The van der Waals surface area contributed by atoms with Gasteiger partial charge in [-0.05, 0) is 94.5 Å². The van der Waals surface area contributed by atoms with Gasteiger partial charge >= 0.3 is 0 Å². The lowest BCUT2D eigenvalue weighted by atomic mass is 9.87. The zero-order valence-corrected chi connectivity index (χ0v) is 18.1. The van der Waals surface area contributed by atoms with Gasteiger partial charge in [0.05, 0.1) is 0 Å². The lowest BCUT2D eigenvalue weighted by Crippen LogP contribution is -1.95. The van der Waals surface area contributed by atoms with Crippen molar-refractivity contribution in [3.8, 4) is 11.1 Å². The van der Waals surface area contributed by atoms with Crippen molar-refractivity contribution in [1.29, 1.82) is 0 Å². The highest BCUT2D eigenvalue weighted by molar-refractivity contribution is 6.13. The molecule has 0 fully saturated rings. The van der Waals surface area contributed by atoms with Crippen LogP contribution in [0.2, 0.25) is 0 Å². The van der Waals surface area contributed by atoms with Crippen LogP contribution in [0.1, 0.15) is 44.5 Å². The number of hydrogen-bond acceptors (Lipinski definition) is 0. The molecule has 0 heteroatoms. The Labute approximate surface area is 179 Å². The molecule has 0 aliphatic heterocycles. The number of aryl methyl sites for hydroxylation is 4. The third kappa shape index (κ3) is 2.92. The molecule has 0 heterocycles. The van der Waals surface area contributed by atoms with Gasteiger partial charge in [-0.15, -0.1) is 0 Å². The fourth-order valence-electron chi connectivity index (χ4n) is 4.57. The van der Waals surface area contributed by atoms with Gasteiger partial charge in [0.25, 0.3) is 0 Å². The number of benzene rings is 4. The van der Waals surface area contributed by atoms with E-state index in [0.717, 1.165) is 0 Å². The SMILES string of the molecule is Cc1cc2c(cc1C)-c1cc(C)c(C)cc1C2=C(c1ccccc1)c1ccccc1. The fourth-order valence-corrected chi connectivity index (χ4v) is 4.57. The molecule has 0 amide bonds. The second-order valence-corrected chi connectivity index (χ2v) is 8.45. The molecule has 0 saturated carbocycles. The molecule has 0 saturated heterocycles. The van der Waals surface area contributed by atoms with Gasteiger partial charge in [0.2, 0.25) is 0 Å². The van der Waals surface area contributed by atoms with Gasteiger partial charge in [0.1, 0.15) is 0 Å². The highest BCUT2D eigenvalue weighted by Gasteiger charge is 2.28. The third-order valence-corrected chi connectivity index (χ3v) is 6.47. The summed E-state index contributed by atoms with van der Waals surface area (Å²) in [5.41, 5.74) is 16.0. The van der Waals surface area contributed by atoms with Crippen molar-refractivity contribution in [3.63, 3.8) is 0 Å². The molecule has 0 aromatic heterocycles. The van der Waals surface area contributed by atoms with Crippen LogP contribution in [0.25, 0.3) is 22.3 Å². The van der Waals surface area contributed by atoms with E-state index in [4.69, 9.17) is 0 Å². The monoisotopic (exact) mass is 386 g/mol. The molecule has 4 aromatic rings. The second kappa shape index (κ2) is 7.15. The van der Waals surface area contributed by atoms with E-state index >= 15 is 0 Å². The van der Waals surface area contributed by atoms with Crippen LogP contribution in [-0.2, 0) is 0 Å². The summed E-state index contributed by atoms with van der Waals surface area (Å²) < 4.78 is 0. The first kappa shape index (κ1) is 18.6. The molecule has 4 aromatic carbocycles. The summed E-state index contributed by atoms with van der Waals surface area (Å²) in [4.78, 5) is 0. The van der Waals surface area contributed by atoms with Crippen LogP contribution < -0.4 is 0 Å². The molecule has 1 aliphatic rings. The summed E-state index contributed by atoms with van der Waals surface area (Å²) in [6, 6.07) is 31.2. The van der Waals surface area contributed by atoms with Crippen molar-refractivity contribution in [1.82, 2.24) is 0 Å². The van der Waals surface area contributed by atoms with Crippen molar-refractivity contribution >= 4 is 11.1 Å². The summed E-state index contributed by atoms with van der Waals surface area (Å²) in [6.07, 6.45) is 0. The van der Waals surface area contributed by atoms with Crippen LogP contribution in [0, 0.1) is 27.7 Å². The highest BCUT2D eigenvalue weighted by atomic mass is 14.3. The Morgan fingerprint density at radius 3 is 1.13 bits per heavy atom. The zero-order valence-electron chi connectivity index (χ0n) is 18.1. The number of fused-ring (bicyclic) bond motifs is 3. The Hall–Kier alpha value is -3.38. The lowest BCUT2D eigenvalue weighted by Gasteiger charge is -2.16. The van der Waals surface area contributed by atoms with Gasteiger partial charge in [-0.1, -0.05) is 84.9 Å². The standard InChI is InChI=1S/C30H26/c1-19-15-25-26-16-20(2)22(4)18-28(26)30(27(25)17-21(19)3)29(23-11-7-5-8-12-23)24-13-9-6-10-14-24/h5-18H,1-4H3. The molecule has 0 radical (unpaired) electrons. The van der Waals surface area contributed by atoms with E-state index in [9.17, 15) is 0 Å². The van der Waals surface area contributed by atoms with Gasteiger partial charge in [-0.2, -0.15) is 0 Å². The average Bonchev–Trinajstić information content (AvgIpc) is 3.03. The molecule has 0 unspecified atom stereocenters. The van der Waals surface area contributed by atoms with Gasteiger partial charge in [-0.25, -0.2) is 0 Å². The Morgan fingerprint density at radius 1 is 0.433 bits per heavy atom. The average molecular weight is 387 g/mol. The van der Waals surface area contributed by atoms with Crippen molar-refractivity contribution in [2.45, 2.75) is 27.7 Å². The summed E-state index contributed by atoms with van der Waals surface area (Å²) in [5, 5.41) is 0. The van der Waals surface area contributed by atoms with Crippen molar-refractivity contribution in [2.24, 2.45) is 0 Å². The maximum absolute atomic E-state index is 2.39. The molecule has 5 rings (SSSR count). The van der Waals surface area contributed by atoms with Crippen molar-refractivity contribution in [2.75, 3.05) is 0 Å². The van der Waals surface area contributed by atoms with Crippen LogP contribution in [0.5, 0.6) is 0 Å². The minimum atomic E-state index is 1.26. The maximum atomic E-state index is 2.39. The fraction of sp³-hybridized carbons (Fsp3) is 0.133. The van der Waals surface area contributed by atoms with Crippen LogP contribution in [0.3, 0.4) is 0 Å². The third-order valence-electron chi connectivity index (χ3n) is 6.47. The van der Waals surface area contributed by atoms with E-state index < -0.39 is 0 Å². The molecule has 0 bridgehead atoms. The molecule has 0 nitrogen and oxygen atoms in total. The zero-order chi connectivity index (χ0) is 20.8. The molecule has 30 heavy (non-hydrogen) atoms. The predicted molar refractivity (Wildman–Crippen MR) is 129 cm³/mol. The molecule has 0 atom stereocenters. The summed E-state index contributed by atoms with van der Waals surface area (Å²) in [5.74, 6) is 0. The van der Waals surface area contributed by atoms with Crippen LogP contribution in [0.15, 0.2) is 84.9 Å². The van der Waals surface area contributed by atoms with Crippen LogP contribution >= 0.6 is 0 Å². The van der Waals surface area contributed by atoms with Gasteiger partial charge in [0.15, 0.2) is 0 Å². The molecular weight excluding hydrogens is 360 g/mol. The Morgan fingerprint density at radius 2 is 0.767 bits per heavy atom. The second-order valence-electron chi connectivity index (χ2n) is 8.45. The number of rotatable bonds is 2. The Balaban J connectivity index is 1.96. The van der Waals surface area contributed by atoms with E-state index in [1.54, 1.807) is 0 Å². The normalized spacial score (nSPS) is 11.9. The molecular formula is C30H26. The quantitative estimate of drug-likeness (QED) is 0.289. The van der Waals surface area contributed by atoms with E-state index in [-0.39, 0.29) is 0 Å². The van der Waals surface area contributed by atoms with Gasteiger partial charge in [-0.3, -0.25) is 0 Å². The summed E-state index contributed by atoms with van der Waals surface area (Å²) >= 11 is 0. The predicted octanol–water partition coefficient (Wildman–Crippen LogP) is 7.91. The summed E-state index contributed by atoms with van der Waals surface area (Å²) in [6.45, 7) is 8.87. The molecule has 146 valence electrons. The minimum absolute atomic E-state index is 1.26. The van der Waals surface area contributed by atoms with E-state index in [0.29, 0.717) is 0 Å². The van der Waals surface area contributed by atoms with Crippen molar-refractivity contribution < 1.29 is 0 Å². The van der Waals surface area contributed by atoms with Crippen LogP contribution in [-0.4, -0.2) is 0 Å². The minimum Gasteiger partial charge on any atom is -0.0622 e. The Kier molecular flexibility index (Phi) is 4.44. The summed E-state index contributed by atoms with van der Waals surface area (Å²) in [7, 11) is 0. The first-order valence-corrected chi connectivity index (χ1v) is 10.6. The Bertz CT molecular complexity index is 1190. The maximum Gasteiger partial charge on any atom is -0.00141 e.